The summed E-state index contributed by atoms with van der Waals surface area (Å²) in [7, 11) is 0. The Hall–Kier alpha value is -2.56. The van der Waals surface area contributed by atoms with Crippen molar-refractivity contribution >= 4 is 17.7 Å². The Morgan fingerprint density at radius 1 is 1.45 bits per heavy atom. The molecule has 0 aliphatic carbocycles. The van der Waals surface area contributed by atoms with Crippen molar-refractivity contribution in [1.82, 2.24) is 4.98 Å². The molecule has 0 radical (unpaired) electrons. The summed E-state index contributed by atoms with van der Waals surface area (Å²) in [6, 6.07) is 7.11. The number of furan rings is 1. The highest BCUT2D eigenvalue weighted by Gasteiger charge is 2.06. The van der Waals surface area contributed by atoms with Crippen LogP contribution in [0.2, 0.25) is 0 Å². The van der Waals surface area contributed by atoms with Gasteiger partial charge in [-0.15, -0.1) is 0 Å². The van der Waals surface area contributed by atoms with E-state index in [-0.39, 0.29) is 5.91 Å². The maximum atomic E-state index is 11.8. The minimum atomic E-state index is -0.270. The third kappa shape index (κ3) is 3.71. The first-order valence-electron chi connectivity index (χ1n) is 6.32. The van der Waals surface area contributed by atoms with Gasteiger partial charge in [0, 0.05) is 12.3 Å². The zero-order valence-electron chi connectivity index (χ0n) is 11.4. The average molecular weight is 272 g/mol. The fourth-order valence-electron chi connectivity index (χ4n) is 1.61. The van der Waals surface area contributed by atoms with E-state index in [9.17, 15) is 4.79 Å². The van der Waals surface area contributed by atoms with Crippen LogP contribution in [-0.2, 0) is 4.79 Å². The van der Waals surface area contributed by atoms with E-state index in [0.29, 0.717) is 23.9 Å². The van der Waals surface area contributed by atoms with Crippen molar-refractivity contribution in [2.45, 2.75) is 13.8 Å². The summed E-state index contributed by atoms with van der Waals surface area (Å²) in [5.41, 5.74) is 0.541. The van der Waals surface area contributed by atoms with E-state index in [2.05, 4.69) is 10.3 Å². The number of amides is 1. The van der Waals surface area contributed by atoms with Gasteiger partial charge in [-0.25, -0.2) is 4.98 Å². The molecular weight excluding hydrogens is 256 g/mol. The first-order chi connectivity index (χ1) is 9.69. The summed E-state index contributed by atoms with van der Waals surface area (Å²) in [6.45, 7) is 4.20. The number of pyridine rings is 1. The smallest absolute Gasteiger partial charge is 0.248 e. The van der Waals surface area contributed by atoms with Gasteiger partial charge < -0.3 is 14.5 Å². The van der Waals surface area contributed by atoms with Crippen molar-refractivity contribution in [2.24, 2.45) is 0 Å². The lowest BCUT2D eigenvalue weighted by molar-refractivity contribution is -0.111. The Bertz CT molecular complexity index is 617. The number of carbonyl (C=O) groups is 1. The number of anilines is 1. The lowest BCUT2D eigenvalue weighted by Gasteiger charge is -2.08. The van der Waals surface area contributed by atoms with Crippen molar-refractivity contribution in [3.05, 3.63) is 48.1 Å². The van der Waals surface area contributed by atoms with Crippen LogP contribution in [0.1, 0.15) is 18.4 Å². The molecule has 5 nitrogen and oxygen atoms in total. The van der Waals surface area contributed by atoms with Crippen LogP contribution < -0.4 is 10.1 Å². The van der Waals surface area contributed by atoms with Crippen LogP contribution in [0.4, 0.5) is 5.69 Å². The van der Waals surface area contributed by atoms with Crippen LogP contribution in [-0.4, -0.2) is 17.5 Å². The van der Waals surface area contributed by atoms with Gasteiger partial charge in [-0.2, -0.15) is 0 Å². The lowest BCUT2D eigenvalue weighted by atomic mass is 10.3. The fourth-order valence-corrected chi connectivity index (χ4v) is 1.61. The Morgan fingerprint density at radius 3 is 3.00 bits per heavy atom. The highest BCUT2D eigenvalue weighted by atomic mass is 16.5. The molecule has 0 spiro atoms. The van der Waals surface area contributed by atoms with Crippen LogP contribution in [0.15, 0.2) is 41.0 Å². The number of nitrogens with zero attached hydrogens (tertiary/aromatic N) is 1. The van der Waals surface area contributed by atoms with Crippen LogP contribution in [0.25, 0.3) is 6.08 Å². The van der Waals surface area contributed by atoms with Crippen LogP contribution in [0.3, 0.4) is 0 Å². The standard InChI is InChI=1S/C15H16N2O3/c1-3-19-15-13(5-4-10-16-15)17-14(18)9-8-12-7-6-11(2)20-12/h4-10H,3H2,1-2H3,(H,17,18)/b9-8+. The zero-order chi connectivity index (χ0) is 14.4. The molecule has 20 heavy (non-hydrogen) atoms. The van der Waals surface area contributed by atoms with Gasteiger partial charge in [0.05, 0.1) is 6.61 Å². The fraction of sp³-hybridized carbons (Fsp3) is 0.200. The molecule has 104 valence electrons. The van der Waals surface area contributed by atoms with Crippen molar-refractivity contribution in [1.29, 1.82) is 0 Å². The van der Waals surface area contributed by atoms with E-state index in [1.165, 1.54) is 6.08 Å². The monoisotopic (exact) mass is 272 g/mol. The number of nitrogens with one attached hydrogen (secondary N) is 1. The van der Waals surface area contributed by atoms with Crippen molar-refractivity contribution in [3.63, 3.8) is 0 Å². The minimum absolute atomic E-state index is 0.270. The Balaban J connectivity index is 2.03. The SMILES string of the molecule is CCOc1ncccc1NC(=O)/C=C/c1ccc(C)o1. The van der Waals surface area contributed by atoms with E-state index >= 15 is 0 Å². The second kappa shape index (κ2) is 6.56. The molecule has 0 fully saturated rings. The molecular formula is C15H16N2O3. The number of hydrogen-bond acceptors (Lipinski definition) is 4. The number of aryl methyl sites for hydroxylation is 1. The molecule has 0 saturated heterocycles. The van der Waals surface area contributed by atoms with E-state index < -0.39 is 0 Å². The molecule has 0 aliphatic heterocycles. The van der Waals surface area contributed by atoms with Gasteiger partial charge in [0.1, 0.15) is 17.2 Å². The number of ether oxygens (including phenoxy) is 1. The quantitative estimate of drug-likeness (QED) is 0.850. The lowest BCUT2D eigenvalue weighted by Crippen LogP contribution is -2.10. The highest BCUT2D eigenvalue weighted by molar-refractivity contribution is 6.02. The Labute approximate surface area is 117 Å². The molecule has 5 heteroatoms. The number of hydrogen-bond donors (Lipinski definition) is 1. The second-order valence-corrected chi connectivity index (χ2v) is 4.06. The molecule has 2 rings (SSSR count). The van der Waals surface area contributed by atoms with Crippen molar-refractivity contribution in [2.75, 3.05) is 11.9 Å². The van der Waals surface area contributed by atoms with Gasteiger partial charge in [-0.05, 0) is 44.2 Å². The number of carbonyl (C=O) groups excluding carboxylic acids is 1. The molecule has 0 bridgehead atoms. The molecule has 2 aromatic heterocycles. The molecule has 0 aliphatic rings. The normalized spacial score (nSPS) is 10.7. The van der Waals surface area contributed by atoms with E-state index in [4.69, 9.17) is 9.15 Å². The molecule has 2 heterocycles. The molecule has 1 amide bonds. The molecule has 1 N–H and O–H groups in total. The molecule has 2 aromatic rings. The summed E-state index contributed by atoms with van der Waals surface area (Å²) < 4.78 is 10.7. The van der Waals surface area contributed by atoms with Crippen LogP contribution >= 0.6 is 0 Å². The predicted molar refractivity (Wildman–Crippen MR) is 76.5 cm³/mol. The first kappa shape index (κ1) is 13.9. The Kier molecular flexibility index (Phi) is 4.55. The third-order valence-corrected chi connectivity index (χ3v) is 2.47. The number of rotatable bonds is 5. The van der Waals surface area contributed by atoms with E-state index in [0.717, 1.165) is 5.76 Å². The summed E-state index contributed by atoms with van der Waals surface area (Å²) in [5, 5.41) is 2.72. The Morgan fingerprint density at radius 2 is 2.30 bits per heavy atom. The summed E-state index contributed by atoms with van der Waals surface area (Å²) in [4.78, 5) is 15.9. The van der Waals surface area contributed by atoms with Crippen molar-refractivity contribution < 1.29 is 13.9 Å². The topological polar surface area (TPSA) is 64.4 Å². The number of aromatic nitrogens is 1. The van der Waals surface area contributed by atoms with E-state index in [1.54, 1.807) is 30.5 Å². The minimum Gasteiger partial charge on any atom is -0.476 e. The highest BCUT2D eigenvalue weighted by Crippen LogP contribution is 2.20. The molecule has 0 aromatic carbocycles. The molecule has 0 saturated carbocycles. The summed E-state index contributed by atoms with van der Waals surface area (Å²) >= 11 is 0. The summed E-state index contributed by atoms with van der Waals surface area (Å²) in [5.74, 6) is 1.57. The summed E-state index contributed by atoms with van der Waals surface area (Å²) in [6.07, 6.45) is 4.63. The second-order valence-electron chi connectivity index (χ2n) is 4.06. The van der Waals surface area contributed by atoms with Gasteiger partial charge in [0.2, 0.25) is 11.8 Å². The maximum absolute atomic E-state index is 11.8. The van der Waals surface area contributed by atoms with Gasteiger partial charge in [-0.1, -0.05) is 0 Å². The van der Waals surface area contributed by atoms with Gasteiger partial charge in [0.25, 0.3) is 0 Å². The average Bonchev–Trinajstić information content (AvgIpc) is 2.85. The largest absolute Gasteiger partial charge is 0.476 e. The van der Waals surface area contributed by atoms with Gasteiger partial charge in [0.15, 0.2) is 0 Å². The van der Waals surface area contributed by atoms with E-state index in [1.807, 2.05) is 19.9 Å². The van der Waals surface area contributed by atoms with Gasteiger partial charge in [-0.3, -0.25) is 4.79 Å². The van der Waals surface area contributed by atoms with Crippen LogP contribution in [0, 0.1) is 6.92 Å². The molecule has 0 unspecified atom stereocenters. The predicted octanol–water partition coefficient (Wildman–Crippen LogP) is 3.03. The first-order valence-corrected chi connectivity index (χ1v) is 6.32. The zero-order valence-corrected chi connectivity index (χ0v) is 11.4. The van der Waals surface area contributed by atoms with Gasteiger partial charge >= 0.3 is 0 Å². The maximum Gasteiger partial charge on any atom is 0.248 e. The third-order valence-electron chi connectivity index (χ3n) is 2.47. The van der Waals surface area contributed by atoms with Crippen molar-refractivity contribution in [3.8, 4) is 5.88 Å². The molecule has 0 atom stereocenters. The van der Waals surface area contributed by atoms with Crippen LogP contribution in [0.5, 0.6) is 5.88 Å².